The predicted molar refractivity (Wildman–Crippen MR) is 127 cm³/mol. The molecule has 10 heteroatoms. The maximum atomic E-state index is 13.3. The van der Waals surface area contributed by atoms with Crippen LogP contribution in [-0.2, 0) is 0 Å². The lowest BCUT2D eigenvalue weighted by atomic mass is 9.77. The summed E-state index contributed by atoms with van der Waals surface area (Å²) in [4.78, 5) is 25.5. The molecule has 1 aromatic heterocycles. The highest BCUT2D eigenvalue weighted by atomic mass is 19.1. The van der Waals surface area contributed by atoms with Gasteiger partial charge in [0.2, 0.25) is 0 Å². The van der Waals surface area contributed by atoms with Gasteiger partial charge in [-0.05, 0) is 36.2 Å². The zero-order valence-corrected chi connectivity index (χ0v) is 19.0. The summed E-state index contributed by atoms with van der Waals surface area (Å²) in [5.74, 6) is -1.95. The maximum Gasteiger partial charge on any atom is 0.407 e. The number of nitrogens with one attached hydrogen (secondary N) is 1. The standard InChI is InChI=1S/C25H25FN6O3/c1-15(16-5-3-2-4-6-16)22-19(13-27)21(11-12-31(22)25(34)35)32-14-20(23(28)33)24(30-32)29-18-9-7-17(26)8-10-18/h2-10,14-15,19,21-22H,11-12H2,1H3,(H2,28,33)(H,29,30)(H,34,35). The fraction of sp³-hybridized carbons (Fsp3) is 0.280. The number of carbonyl (C=O) groups excluding carboxylic acids is 1. The van der Waals surface area contributed by atoms with E-state index in [2.05, 4.69) is 16.5 Å². The molecule has 1 fully saturated rings. The van der Waals surface area contributed by atoms with Gasteiger partial charge in [-0.25, -0.2) is 9.18 Å². The summed E-state index contributed by atoms with van der Waals surface area (Å²) in [6.07, 6.45) is 0.718. The van der Waals surface area contributed by atoms with Crippen molar-refractivity contribution in [1.82, 2.24) is 14.7 Å². The van der Waals surface area contributed by atoms with Crippen LogP contribution in [0.1, 0.15) is 41.2 Å². The van der Waals surface area contributed by atoms with Crippen LogP contribution >= 0.6 is 0 Å². The van der Waals surface area contributed by atoms with E-state index in [1.54, 1.807) is 0 Å². The van der Waals surface area contributed by atoms with E-state index in [1.165, 1.54) is 40.0 Å². The first-order valence-electron chi connectivity index (χ1n) is 11.2. The highest BCUT2D eigenvalue weighted by molar-refractivity contribution is 5.98. The Morgan fingerprint density at radius 3 is 2.51 bits per heavy atom. The van der Waals surface area contributed by atoms with Gasteiger partial charge in [0.05, 0.1) is 24.1 Å². The van der Waals surface area contributed by atoms with Crippen molar-refractivity contribution in [2.75, 3.05) is 11.9 Å². The number of benzene rings is 2. The summed E-state index contributed by atoms with van der Waals surface area (Å²) >= 11 is 0. The van der Waals surface area contributed by atoms with Crippen molar-refractivity contribution in [3.63, 3.8) is 0 Å². The lowest BCUT2D eigenvalue weighted by molar-refractivity contribution is 0.0569. The zero-order chi connectivity index (χ0) is 25.1. The van der Waals surface area contributed by atoms with Crippen molar-refractivity contribution >= 4 is 23.5 Å². The van der Waals surface area contributed by atoms with E-state index in [0.717, 1.165) is 5.56 Å². The van der Waals surface area contributed by atoms with Crippen molar-refractivity contribution in [1.29, 1.82) is 5.26 Å². The first-order chi connectivity index (χ1) is 16.8. The van der Waals surface area contributed by atoms with Gasteiger partial charge in [0.25, 0.3) is 5.91 Å². The molecule has 1 aliphatic rings. The molecule has 3 aromatic rings. The Balaban J connectivity index is 1.70. The van der Waals surface area contributed by atoms with Crippen molar-refractivity contribution in [2.45, 2.75) is 31.3 Å². The van der Waals surface area contributed by atoms with Crippen molar-refractivity contribution in [2.24, 2.45) is 11.7 Å². The number of nitrogens with zero attached hydrogens (tertiary/aromatic N) is 4. The highest BCUT2D eigenvalue weighted by Crippen LogP contribution is 2.40. The number of anilines is 2. The molecule has 0 spiro atoms. The van der Waals surface area contributed by atoms with Gasteiger partial charge in [0.15, 0.2) is 5.82 Å². The number of piperidine rings is 1. The van der Waals surface area contributed by atoms with Gasteiger partial charge in [-0.1, -0.05) is 37.3 Å². The van der Waals surface area contributed by atoms with E-state index in [1.807, 2.05) is 37.3 Å². The van der Waals surface area contributed by atoms with Gasteiger partial charge in [-0.2, -0.15) is 10.4 Å². The molecular formula is C25H25FN6O3. The fourth-order valence-corrected chi connectivity index (χ4v) is 4.74. The number of halogens is 1. The van der Waals surface area contributed by atoms with E-state index in [4.69, 9.17) is 5.73 Å². The molecule has 35 heavy (non-hydrogen) atoms. The molecule has 9 nitrogen and oxygen atoms in total. The Labute approximate surface area is 201 Å². The summed E-state index contributed by atoms with van der Waals surface area (Å²) in [6.45, 7) is 2.11. The van der Waals surface area contributed by atoms with E-state index in [9.17, 15) is 24.3 Å². The number of primary amides is 1. The minimum Gasteiger partial charge on any atom is -0.465 e. The molecular weight excluding hydrogens is 451 g/mol. The van der Waals surface area contributed by atoms with Gasteiger partial charge in [0.1, 0.15) is 11.4 Å². The van der Waals surface area contributed by atoms with Crippen LogP contribution in [0.15, 0.2) is 60.8 Å². The number of rotatable bonds is 6. The monoisotopic (exact) mass is 476 g/mol. The Bertz CT molecular complexity index is 1250. The first kappa shape index (κ1) is 23.8. The molecule has 1 saturated heterocycles. The topological polar surface area (TPSA) is 137 Å². The Hall–Kier alpha value is -4.39. The number of nitriles is 1. The van der Waals surface area contributed by atoms with Gasteiger partial charge >= 0.3 is 6.09 Å². The van der Waals surface area contributed by atoms with Gasteiger partial charge < -0.3 is 21.1 Å². The smallest absolute Gasteiger partial charge is 0.407 e. The normalized spacial score (nSPS) is 20.6. The molecule has 0 aliphatic carbocycles. The minimum absolute atomic E-state index is 0.110. The molecule has 0 saturated carbocycles. The summed E-state index contributed by atoms with van der Waals surface area (Å²) < 4.78 is 14.8. The van der Waals surface area contributed by atoms with Gasteiger partial charge in [-0.3, -0.25) is 9.48 Å². The largest absolute Gasteiger partial charge is 0.465 e. The van der Waals surface area contributed by atoms with Gasteiger partial charge in [-0.15, -0.1) is 0 Å². The van der Waals surface area contributed by atoms with E-state index < -0.39 is 35.8 Å². The quantitative estimate of drug-likeness (QED) is 0.490. The molecule has 2 heterocycles. The summed E-state index contributed by atoms with van der Waals surface area (Å²) in [5, 5.41) is 27.5. The molecule has 4 atom stereocenters. The predicted octanol–water partition coefficient (Wildman–Crippen LogP) is 4.10. The Morgan fingerprint density at radius 1 is 1.23 bits per heavy atom. The maximum absolute atomic E-state index is 13.3. The number of carbonyl (C=O) groups is 2. The second kappa shape index (κ2) is 9.85. The summed E-state index contributed by atoms with van der Waals surface area (Å²) in [7, 11) is 0. The van der Waals surface area contributed by atoms with Gasteiger partial charge in [0, 0.05) is 24.3 Å². The zero-order valence-electron chi connectivity index (χ0n) is 19.0. The van der Waals surface area contributed by atoms with Crippen molar-refractivity contribution in [3.05, 3.63) is 77.7 Å². The summed E-state index contributed by atoms with van der Waals surface area (Å²) in [5.41, 5.74) is 7.11. The minimum atomic E-state index is -1.09. The molecule has 180 valence electrons. The number of hydrogen-bond donors (Lipinski definition) is 3. The third-order valence-corrected chi connectivity index (χ3v) is 6.48. The lowest BCUT2D eigenvalue weighted by Gasteiger charge is -2.44. The van der Waals surface area contributed by atoms with Crippen LogP contribution in [0.5, 0.6) is 0 Å². The van der Waals surface area contributed by atoms with Crippen LogP contribution in [0.3, 0.4) is 0 Å². The van der Waals surface area contributed by atoms with E-state index in [0.29, 0.717) is 12.1 Å². The molecule has 2 aromatic carbocycles. The van der Waals surface area contributed by atoms with Crippen LogP contribution in [-0.4, -0.2) is 44.4 Å². The molecule has 0 bridgehead atoms. The van der Waals surface area contributed by atoms with Crippen molar-refractivity contribution in [3.8, 4) is 6.07 Å². The van der Waals surface area contributed by atoms with Crippen LogP contribution in [0, 0.1) is 23.1 Å². The molecule has 4 unspecified atom stereocenters. The first-order valence-corrected chi connectivity index (χ1v) is 11.2. The van der Waals surface area contributed by atoms with Crippen LogP contribution in [0.25, 0.3) is 0 Å². The third kappa shape index (κ3) is 4.80. The molecule has 4 N–H and O–H groups in total. The molecule has 1 aliphatic heterocycles. The molecule has 4 rings (SSSR count). The SMILES string of the molecule is CC(c1ccccc1)C1C(C#N)C(n2cc(C(N)=O)c(Nc3ccc(F)cc3)n2)CCN1C(=O)O. The molecule has 0 radical (unpaired) electrons. The fourth-order valence-electron chi connectivity index (χ4n) is 4.74. The van der Waals surface area contributed by atoms with E-state index in [-0.39, 0.29) is 23.8 Å². The lowest BCUT2D eigenvalue weighted by Crippen LogP contribution is -2.53. The van der Waals surface area contributed by atoms with E-state index >= 15 is 0 Å². The number of amides is 2. The number of aromatic nitrogens is 2. The third-order valence-electron chi connectivity index (χ3n) is 6.48. The number of carboxylic acid groups (broad SMARTS) is 1. The Morgan fingerprint density at radius 2 is 1.91 bits per heavy atom. The average Bonchev–Trinajstić information content (AvgIpc) is 3.28. The second-order valence-corrected chi connectivity index (χ2v) is 8.54. The average molecular weight is 477 g/mol. The van der Waals surface area contributed by atoms with Crippen molar-refractivity contribution < 1.29 is 19.1 Å². The number of hydrogen-bond acceptors (Lipinski definition) is 5. The number of nitrogens with two attached hydrogens (primary N) is 1. The molecule has 2 amide bonds. The summed E-state index contributed by atoms with van der Waals surface area (Å²) in [6, 6.07) is 16.2. The van der Waals surface area contributed by atoms with Crippen LogP contribution in [0.2, 0.25) is 0 Å². The second-order valence-electron chi connectivity index (χ2n) is 8.54. The van der Waals surface area contributed by atoms with Crippen LogP contribution < -0.4 is 11.1 Å². The van der Waals surface area contributed by atoms with Crippen LogP contribution in [0.4, 0.5) is 20.7 Å². The number of likely N-dealkylation sites (tertiary alicyclic amines) is 1. The highest BCUT2D eigenvalue weighted by Gasteiger charge is 2.45. The Kier molecular flexibility index (Phi) is 6.68.